The van der Waals surface area contributed by atoms with Crippen molar-refractivity contribution in [2.75, 3.05) is 0 Å². The average Bonchev–Trinajstić information content (AvgIpc) is 2.98. The maximum atomic E-state index is 13.3. The van der Waals surface area contributed by atoms with E-state index in [0.29, 0.717) is 34.0 Å². The number of ether oxygens (including phenoxy) is 1. The summed E-state index contributed by atoms with van der Waals surface area (Å²) >= 11 is 3.42. The Morgan fingerprint density at radius 1 is 1.19 bits per heavy atom. The van der Waals surface area contributed by atoms with E-state index in [1.165, 1.54) is 12.1 Å². The Morgan fingerprint density at radius 3 is 2.48 bits per heavy atom. The number of fused-ring (bicyclic) bond motifs is 1. The molecule has 0 amide bonds. The van der Waals surface area contributed by atoms with E-state index in [-0.39, 0.29) is 5.82 Å². The van der Waals surface area contributed by atoms with Crippen LogP contribution in [-0.2, 0) is 0 Å². The fourth-order valence-corrected chi connectivity index (χ4v) is 3.42. The molecular formula is C20H14BrFN4O. The number of hydrogen-bond donors (Lipinski definition) is 1. The highest BCUT2D eigenvalue weighted by Gasteiger charge is 2.33. The molecule has 0 aliphatic carbocycles. The molecule has 1 aliphatic heterocycles. The highest BCUT2D eigenvalue weighted by molar-refractivity contribution is 9.10. The summed E-state index contributed by atoms with van der Waals surface area (Å²) in [7, 11) is 0. The van der Waals surface area contributed by atoms with Crippen LogP contribution in [0.3, 0.4) is 0 Å². The molecular weight excluding hydrogens is 411 g/mol. The standard InChI is InChI=1S/C20H14BrFN4O/c1-11-17-18(12-2-4-13(21)5-3-12)16(10-23)19(24)27-20(17)26(25-11)15-8-6-14(22)7-9-15/h2-9,19H,24H2,1H3. The van der Waals surface area contributed by atoms with Gasteiger partial charge in [0.05, 0.1) is 22.5 Å². The quantitative estimate of drug-likeness (QED) is 0.671. The molecule has 0 spiro atoms. The minimum absolute atomic E-state index is 0.337. The SMILES string of the molecule is Cc1nn(-c2ccc(F)cc2)c2c1C(c1ccc(Br)cc1)=C(C#N)C(N)O2. The zero-order chi connectivity index (χ0) is 19.1. The van der Waals surface area contributed by atoms with E-state index in [9.17, 15) is 9.65 Å². The van der Waals surface area contributed by atoms with Crippen molar-refractivity contribution in [2.24, 2.45) is 5.73 Å². The largest absolute Gasteiger partial charge is 0.453 e. The van der Waals surface area contributed by atoms with E-state index in [0.717, 1.165) is 10.0 Å². The maximum Gasteiger partial charge on any atom is 0.226 e. The summed E-state index contributed by atoms with van der Waals surface area (Å²) in [6.45, 7) is 1.84. The van der Waals surface area contributed by atoms with Crippen molar-refractivity contribution in [3.05, 3.63) is 81.2 Å². The van der Waals surface area contributed by atoms with Gasteiger partial charge < -0.3 is 4.74 Å². The summed E-state index contributed by atoms with van der Waals surface area (Å²) in [5, 5.41) is 14.2. The van der Waals surface area contributed by atoms with Gasteiger partial charge >= 0.3 is 0 Å². The molecule has 1 unspecified atom stereocenters. The van der Waals surface area contributed by atoms with Crippen molar-refractivity contribution < 1.29 is 9.13 Å². The molecule has 5 nitrogen and oxygen atoms in total. The number of aromatic nitrogens is 2. The zero-order valence-electron chi connectivity index (χ0n) is 14.3. The predicted molar refractivity (Wildman–Crippen MR) is 103 cm³/mol. The zero-order valence-corrected chi connectivity index (χ0v) is 15.9. The second-order valence-corrected chi connectivity index (χ2v) is 7.02. The third-order valence-corrected chi connectivity index (χ3v) is 4.91. The number of rotatable bonds is 2. The summed E-state index contributed by atoms with van der Waals surface area (Å²) in [5.41, 5.74) is 10.0. The number of aryl methyl sites for hydroxylation is 1. The van der Waals surface area contributed by atoms with Crippen molar-refractivity contribution in [1.82, 2.24) is 9.78 Å². The Kier molecular flexibility index (Phi) is 4.30. The van der Waals surface area contributed by atoms with Crippen molar-refractivity contribution in [2.45, 2.75) is 13.2 Å². The van der Waals surface area contributed by atoms with Crippen LogP contribution in [0, 0.1) is 24.1 Å². The molecule has 134 valence electrons. The molecule has 0 saturated heterocycles. The number of nitrogens with two attached hydrogens (primary N) is 1. The Hall–Kier alpha value is -2.95. The molecule has 2 N–H and O–H groups in total. The molecule has 1 aliphatic rings. The van der Waals surface area contributed by atoms with Gasteiger partial charge in [-0.25, -0.2) is 9.07 Å². The van der Waals surface area contributed by atoms with Gasteiger partial charge in [-0.15, -0.1) is 0 Å². The molecule has 27 heavy (non-hydrogen) atoms. The van der Waals surface area contributed by atoms with Gasteiger partial charge in [0.2, 0.25) is 5.88 Å². The van der Waals surface area contributed by atoms with Gasteiger partial charge in [-0.05, 0) is 48.9 Å². The molecule has 0 bridgehead atoms. The molecule has 1 atom stereocenters. The van der Waals surface area contributed by atoms with E-state index >= 15 is 0 Å². The fraction of sp³-hybridized carbons (Fsp3) is 0.100. The summed E-state index contributed by atoms with van der Waals surface area (Å²) in [6.07, 6.45) is -0.920. The molecule has 0 saturated carbocycles. The number of nitriles is 1. The lowest BCUT2D eigenvalue weighted by Gasteiger charge is -2.24. The predicted octanol–water partition coefficient (Wildman–Crippen LogP) is 4.09. The van der Waals surface area contributed by atoms with Gasteiger partial charge in [0, 0.05) is 10.0 Å². The van der Waals surface area contributed by atoms with Crippen molar-refractivity contribution in [3.8, 4) is 17.6 Å². The Morgan fingerprint density at radius 2 is 1.85 bits per heavy atom. The normalized spacial score (nSPS) is 15.9. The van der Waals surface area contributed by atoms with Crippen LogP contribution in [0.15, 0.2) is 58.6 Å². The third kappa shape index (κ3) is 2.93. The molecule has 0 radical (unpaired) electrons. The molecule has 2 heterocycles. The maximum absolute atomic E-state index is 13.3. The second kappa shape index (κ2) is 6.65. The van der Waals surface area contributed by atoms with Crippen LogP contribution in [0.5, 0.6) is 5.88 Å². The van der Waals surface area contributed by atoms with Gasteiger partial charge in [0.15, 0.2) is 6.23 Å². The highest BCUT2D eigenvalue weighted by atomic mass is 79.9. The number of halogens is 2. The summed E-state index contributed by atoms with van der Waals surface area (Å²) < 4.78 is 21.6. The first kappa shape index (κ1) is 17.5. The molecule has 0 fully saturated rings. The van der Waals surface area contributed by atoms with Gasteiger partial charge in [0.25, 0.3) is 0 Å². The van der Waals surface area contributed by atoms with E-state index in [2.05, 4.69) is 27.1 Å². The van der Waals surface area contributed by atoms with Gasteiger partial charge in [0.1, 0.15) is 11.9 Å². The Labute approximate surface area is 163 Å². The lowest BCUT2D eigenvalue weighted by Crippen LogP contribution is -2.33. The van der Waals surface area contributed by atoms with Gasteiger partial charge in [-0.3, -0.25) is 5.73 Å². The minimum atomic E-state index is -0.920. The van der Waals surface area contributed by atoms with Crippen molar-refractivity contribution in [1.29, 1.82) is 5.26 Å². The minimum Gasteiger partial charge on any atom is -0.453 e. The van der Waals surface area contributed by atoms with Crippen LogP contribution in [0.1, 0.15) is 16.8 Å². The summed E-state index contributed by atoms with van der Waals surface area (Å²) in [5.74, 6) is 0.0971. The van der Waals surface area contributed by atoms with Crippen molar-refractivity contribution in [3.63, 3.8) is 0 Å². The van der Waals surface area contributed by atoms with Crippen molar-refractivity contribution >= 4 is 21.5 Å². The van der Waals surface area contributed by atoms with E-state index in [1.54, 1.807) is 16.8 Å². The topological polar surface area (TPSA) is 76.9 Å². The monoisotopic (exact) mass is 424 g/mol. The first-order chi connectivity index (χ1) is 13.0. The third-order valence-electron chi connectivity index (χ3n) is 4.39. The van der Waals surface area contributed by atoms with Crippen LogP contribution in [0.2, 0.25) is 0 Å². The molecule has 4 rings (SSSR count). The lowest BCUT2D eigenvalue weighted by molar-refractivity contribution is 0.228. The number of nitrogens with zero attached hydrogens (tertiary/aromatic N) is 3. The highest BCUT2D eigenvalue weighted by Crippen LogP contribution is 2.41. The van der Waals surface area contributed by atoms with Crippen LogP contribution in [-0.4, -0.2) is 16.0 Å². The summed E-state index contributed by atoms with van der Waals surface area (Å²) in [4.78, 5) is 0. The fourth-order valence-electron chi connectivity index (χ4n) is 3.15. The number of hydrogen-bond acceptors (Lipinski definition) is 4. The van der Waals surface area contributed by atoms with Crippen LogP contribution < -0.4 is 10.5 Å². The second-order valence-electron chi connectivity index (χ2n) is 6.10. The smallest absolute Gasteiger partial charge is 0.226 e. The van der Waals surface area contributed by atoms with Gasteiger partial charge in [-0.1, -0.05) is 28.1 Å². The number of benzene rings is 2. The Balaban J connectivity index is 1.97. The molecule has 3 aromatic rings. The molecule has 7 heteroatoms. The lowest BCUT2D eigenvalue weighted by atomic mass is 9.91. The van der Waals surface area contributed by atoms with E-state index < -0.39 is 6.23 Å². The first-order valence-electron chi connectivity index (χ1n) is 8.18. The van der Waals surface area contributed by atoms with Crippen LogP contribution in [0.4, 0.5) is 4.39 Å². The average molecular weight is 425 g/mol. The molecule has 1 aromatic heterocycles. The van der Waals surface area contributed by atoms with E-state index in [4.69, 9.17) is 10.5 Å². The van der Waals surface area contributed by atoms with Gasteiger partial charge in [-0.2, -0.15) is 10.4 Å². The van der Waals surface area contributed by atoms with Crippen LogP contribution in [0.25, 0.3) is 11.3 Å². The first-order valence-corrected chi connectivity index (χ1v) is 8.97. The molecule has 2 aromatic carbocycles. The summed E-state index contributed by atoms with van der Waals surface area (Å²) in [6, 6.07) is 15.7. The van der Waals surface area contributed by atoms with E-state index in [1.807, 2.05) is 31.2 Å². The van der Waals surface area contributed by atoms with Crippen LogP contribution >= 0.6 is 15.9 Å². The Bertz CT molecular complexity index is 1090.